The SMILES string of the molecule is COc1ccc(-c2nn([C@@H]3C[C@H]4C(=O)N[C@]5(C(=O)NS(=O)(=O)C6CC6)C[C@H]5/C=C/CCCCC[C@@H](NC(=O)OC5CCCC5)C(=O)N4C3)nc2-c2ccccc2)cn1. The number of hydrogen-bond acceptors (Lipinski definition) is 11. The zero-order valence-electron chi connectivity index (χ0n) is 32.5. The Bertz CT molecular complexity index is 2150. The maximum atomic E-state index is 14.7. The molecule has 3 saturated carbocycles. The zero-order chi connectivity index (χ0) is 40.4. The van der Waals surface area contributed by atoms with Gasteiger partial charge in [-0.25, -0.2) is 18.2 Å². The van der Waals surface area contributed by atoms with E-state index in [0.717, 1.165) is 44.1 Å². The lowest BCUT2D eigenvalue weighted by atomic mass is 10.0. The van der Waals surface area contributed by atoms with Crippen LogP contribution < -0.4 is 20.1 Å². The number of nitrogens with one attached hydrogen (secondary N) is 3. The molecule has 0 bridgehead atoms. The van der Waals surface area contributed by atoms with Crippen molar-refractivity contribution in [2.45, 2.75) is 118 Å². The number of hydrogen-bond donors (Lipinski definition) is 3. The second kappa shape index (κ2) is 16.5. The van der Waals surface area contributed by atoms with E-state index in [1.165, 1.54) is 16.8 Å². The Kier molecular flexibility index (Phi) is 11.2. The Morgan fingerprint density at radius 1 is 0.914 bits per heavy atom. The summed E-state index contributed by atoms with van der Waals surface area (Å²) in [7, 11) is -2.37. The third-order valence-corrected chi connectivity index (χ3v) is 13.8. The number of aromatic nitrogens is 4. The van der Waals surface area contributed by atoms with E-state index < -0.39 is 68.7 Å². The third-order valence-electron chi connectivity index (χ3n) is 11.9. The van der Waals surface area contributed by atoms with Crippen LogP contribution in [0.4, 0.5) is 4.79 Å². The van der Waals surface area contributed by atoms with Crippen molar-refractivity contribution in [1.29, 1.82) is 0 Å². The van der Waals surface area contributed by atoms with Gasteiger partial charge in [-0.2, -0.15) is 15.0 Å². The van der Waals surface area contributed by atoms with Gasteiger partial charge in [0.1, 0.15) is 35.1 Å². The monoisotopic (exact) mass is 814 g/mol. The largest absolute Gasteiger partial charge is 0.481 e. The summed E-state index contributed by atoms with van der Waals surface area (Å²) in [6.45, 7) is 0.0224. The summed E-state index contributed by atoms with van der Waals surface area (Å²) in [6.07, 6.45) is 12.5. The average molecular weight is 815 g/mol. The summed E-state index contributed by atoms with van der Waals surface area (Å²) >= 11 is 0. The van der Waals surface area contributed by atoms with Crippen molar-refractivity contribution in [3.05, 3.63) is 60.8 Å². The molecular weight excluding hydrogens is 765 g/mol. The maximum absolute atomic E-state index is 14.7. The highest BCUT2D eigenvalue weighted by atomic mass is 32.2. The quantitative estimate of drug-likeness (QED) is 0.261. The molecule has 308 valence electrons. The van der Waals surface area contributed by atoms with Crippen molar-refractivity contribution in [2.24, 2.45) is 5.92 Å². The fourth-order valence-electron chi connectivity index (χ4n) is 8.39. The van der Waals surface area contributed by atoms with E-state index in [2.05, 4.69) is 20.3 Å². The molecule has 3 aromatic rings. The number of nitrogens with zero attached hydrogens (tertiary/aromatic N) is 5. The molecule has 1 aromatic carbocycles. The van der Waals surface area contributed by atoms with E-state index in [0.29, 0.717) is 54.9 Å². The first-order chi connectivity index (χ1) is 28.0. The maximum Gasteiger partial charge on any atom is 0.408 e. The standard InChI is InChI=1S/C41H50N8O8S/c1-56-34-21-18-27(24-42-34)36-35(26-12-6-5-7-13-26)45-49(46-36)29-22-33-37(50)44-41(39(52)47-58(54,55)31-19-20-31)23-28(41)14-8-3-2-4-9-17-32(38(51)48(33)25-29)43-40(53)57-30-15-10-11-16-30/h5-8,12-14,18,21,24,28-33H,2-4,9-11,15-17,19-20,22-23,25H2,1H3,(H,43,53)(H,44,50)(H,47,52)/b14-8+/t28-,29-,32-,33+,41-/m1/s1. The Morgan fingerprint density at radius 2 is 1.66 bits per heavy atom. The van der Waals surface area contributed by atoms with Gasteiger partial charge in [0.25, 0.3) is 5.91 Å². The zero-order valence-corrected chi connectivity index (χ0v) is 33.4. The van der Waals surface area contributed by atoms with E-state index in [9.17, 15) is 27.6 Å². The van der Waals surface area contributed by atoms with E-state index in [1.807, 2.05) is 48.6 Å². The molecule has 4 amide bonds. The van der Waals surface area contributed by atoms with Crippen molar-refractivity contribution in [2.75, 3.05) is 13.7 Å². The van der Waals surface area contributed by atoms with Gasteiger partial charge in [0.15, 0.2) is 0 Å². The summed E-state index contributed by atoms with van der Waals surface area (Å²) in [5.41, 5.74) is 1.08. The Balaban J connectivity index is 1.13. The molecule has 16 nitrogen and oxygen atoms in total. The summed E-state index contributed by atoms with van der Waals surface area (Å²) in [5.74, 6) is -1.85. The highest BCUT2D eigenvalue weighted by molar-refractivity contribution is 7.91. The number of carbonyl (C=O) groups excluding carboxylic acids is 4. The first kappa shape index (κ1) is 39.5. The minimum atomic E-state index is -3.90. The number of fused-ring (bicyclic) bond motifs is 2. The van der Waals surface area contributed by atoms with E-state index >= 15 is 0 Å². The molecule has 5 atom stereocenters. The van der Waals surface area contributed by atoms with Crippen LogP contribution >= 0.6 is 0 Å². The van der Waals surface area contributed by atoms with Crippen molar-refractivity contribution in [3.63, 3.8) is 0 Å². The van der Waals surface area contributed by atoms with Gasteiger partial charge in [-0.1, -0.05) is 55.3 Å². The Labute approximate surface area is 337 Å². The number of methoxy groups -OCH3 is 1. The molecule has 0 unspecified atom stereocenters. The fourth-order valence-corrected chi connectivity index (χ4v) is 9.75. The van der Waals surface area contributed by atoms with E-state index in [1.54, 1.807) is 12.3 Å². The number of rotatable bonds is 9. The smallest absolute Gasteiger partial charge is 0.408 e. The van der Waals surface area contributed by atoms with Gasteiger partial charge in [-0.15, -0.1) is 0 Å². The van der Waals surface area contributed by atoms with Crippen LogP contribution in [0, 0.1) is 5.92 Å². The number of carbonyl (C=O) groups is 4. The minimum Gasteiger partial charge on any atom is -0.481 e. The van der Waals surface area contributed by atoms with Crippen molar-refractivity contribution < 1.29 is 37.1 Å². The summed E-state index contributed by atoms with van der Waals surface area (Å²) in [4.78, 5) is 63.8. The molecule has 1 saturated heterocycles. The van der Waals surface area contributed by atoms with E-state index in [-0.39, 0.29) is 25.5 Å². The van der Waals surface area contributed by atoms with Crippen LogP contribution in [0.5, 0.6) is 5.88 Å². The predicted molar refractivity (Wildman–Crippen MR) is 211 cm³/mol. The van der Waals surface area contributed by atoms with Gasteiger partial charge in [-0.05, 0) is 70.3 Å². The molecule has 2 aromatic heterocycles. The fraction of sp³-hybridized carbons (Fsp3) is 0.537. The highest BCUT2D eigenvalue weighted by Crippen LogP contribution is 2.46. The lowest BCUT2D eigenvalue weighted by Gasteiger charge is -2.30. The van der Waals surface area contributed by atoms with Crippen molar-refractivity contribution in [1.82, 2.24) is 40.2 Å². The lowest BCUT2D eigenvalue weighted by Crippen LogP contribution is -2.58. The topological polar surface area (TPSA) is 204 Å². The van der Waals surface area contributed by atoms with Crippen LogP contribution in [0.3, 0.4) is 0 Å². The number of benzene rings is 1. The number of pyridine rings is 1. The van der Waals surface area contributed by atoms with Crippen LogP contribution in [0.15, 0.2) is 60.8 Å². The second-order valence-corrected chi connectivity index (χ2v) is 18.1. The lowest BCUT2D eigenvalue weighted by molar-refractivity contribution is -0.141. The van der Waals surface area contributed by atoms with Crippen LogP contribution in [-0.4, -0.2) is 99.7 Å². The van der Waals surface area contributed by atoms with Crippen LogP contribution in [0.1, 0.15) is 89.5 Å². The molecule has 8 rings (SSSR count). The minimum absolute atomic E-state index is 0.0224. The van der Waals surface area contributed by atoms with Gasteiger partial charge in [-0.3, -0.25) is 19.1 Å². The van der Waals surface area contributed by atoms with Crippen LogP contribution in [0.2, 0.25) is 0 Å². The van der Waals surface area contributed by atoms with Crippen LogP contribution in [0.25, 0.3) is 22.5 Å². The van der Waals surface area contributed by atoms with Gasteiger partial charge in [0, 0.05) is 42.3 Å². The molecule has 4 heterocycles. The average Bonchev–Trinajstić information content (AvgIpc) is 3.99. The Hall–Kier alpha value is -5.32. The highest BCUT2D eigenvalue weighted by Gasteiger charge is 2.62. The molecule has 3 aliphatic carbocycles. The number of ether oxygens (including phenoxy) is 2. The normalized spacial score (nSPS) is 27.3. The van der Waals surface area contributed by atoms with Gasteiger partial charge in [0.05, 0.1) is 18.4 Å². The predicted octanol–water partition coefficient (Wildman–Crippen LogP) is 4.20. The summed E-state index contributed by atoms with van der Waals surface area (Å²) < 4.78 is 39.1. The van der Waals surface area contributed by atoms with Crippen molar-refractivity contribution in [3.8, 4) is 28.4 Å². The number of allylic oxidation sites excluding steroid dienone is 1. The van der Waals surface area contributed by atoms with Crippen LogP contribution in [-0.2, 0) is 29.1 Å². The molecule has 2 aliphatic heterocycles. The molecule has 17 heteroatoms. The molecule has 4 fully saturated rings. The molecule has 0 radical (unpaired) electrons. The van der Waals surface area contributed by atoms with Gasteiger partial charge >= 0.3 is 6.09 Å². The first-order valence-electron chi connectivity index (χ1n) is 20.4. The Morgan fingerprint density at radius 3 is 2.36 bits per heavy atom. The van der Waals surface area contributed by atoms with Gasteiger partial charge < -0.3 is 25.0 Å². The molecule has 5 aliphatic rings. The third kappa shape index (κ3) is 8.45. The second-order valence-electron chi connectivity index (χ2n) is 16.1. The molecule has 3 N–H and O–H groups in total. The summed E-state index contributed by atoms with van der Waals surface area (Å²) in [6, 6.07) is 10.4. The molecular formula is C41H50N8O8S. The molecule has 0 spiro atoms. The number of alkyl carbamates (subject to hydrolysis) is 1. The number of sulfonamides is 1. The van der Waals surface area contributed by atoms with E-state index in [4.69, 9.17) is 19.7 Å². The molecule has 58 heavy (non-hydrogen) atoms. The summed E-state index contributed by atoms with van der Waals surface area (Å²) in [5, 5.41) is 15.0. The van der Waals surface area contributed by atoms with Crippen molar-refractivity contribution >= 4 is 33.8 Å². The number of amides is 4. The first-order valence-corrected chi connectivity index (χ1v) is 21.9. The van der Waals surface area contributed by atoms with Gasteiger partial charge in [0.2, 0.25) is 27.7 Å².